The predicted molar refractivity (Wildman–Crippen MR) is 112 cm³/mol. The van der Waals surface area contributed by atoms with Gasteiger partial charge in [-0.3, -0.25) is 4.79 Å². The number of halogens is 2. The van der Waals surface area contributed by atoms with E-state index >= 15 is 0 Å². The Balaban J connectivity index is 1.73. The van der Waals surface area contributed by atoms with E-state index in [1.165, 1.54) is 5.56 Å². The second-order valence-electron chi connectivity index (χ2n) is 6.19. The fraction of sp³-hybridized carbons (Fsp3) is 0.136. The van der Waals surface area contributed by atoms with Crippen molar-refractivity contribution in [3.63, 3.8) is 0 Å². The van der Waals surface area contributed by atoms with Crippen molar-refractivity contribution in [1.82, 2.24) is 5.32 Å². The summed E-state index contributed by atoms with van der Waals surface area (Å²) in [7, 11) is 0. The van der Waals surface area contributed by atoms with Gasteiger partial charge in [-0.2, -0.15) is 0 Å². The zero-order valence-electron chi connectivity index (χ0n) is 14.8. The molecule has 0 aromatic heterocycles. The first-order valence-electron chi connectivity index (χ1n) is 8.51. The normalized spacial score (nSPS) is 11.7. The summed E-state index contributed by atoms with van der Waals surface area (Å²) in [5.74, 6) is 0.255. The maximum atomic E-state index is 12.5. The van der Waals surface area contributed by atoms with Gasteiger partial charge < -0.3 is 10.1 Å². The number of hydrogen-bond acceptors (Lipinski definition) is 2. The third kappa shape index (κ3) is 5.34. The van der Waals surface area contributed by atoms with Crippen molar-refractivity contribution in [1.29, 1.82) is 0 Å². The SMILES string of the molecule is Cc1ccc([C@H](NC(=O)COc2ccc(Br)cc2Cl)c2ccccc2)cc1. The monoisotopic (exact) mass is 443 g/mol. The van der Waals surface area contributed by atoms with Gasteiger partial charge in [-0.1, -0.05) is 87.7 Å². The fourth-order valence-electron chi connectivity index (χ4n) is 2.70. The molecular weight excluding hydrogens is 426 g/mol. The summed E-state index contributed by atoms with van der Waals surface area (Å²) in [6, 6.07) is 23.0. The van der Waals surface area contributed by atoms with E-state index in [1.807, 2.05) is 67.6 Å². The Labute approximate surface area is 172 Å². The molecule has 0 aliphatic carbocycles. The molecule has 0 radical (unpaired) electrons. The fourth-order valence-corrected chi connectivity index (χ4v) is 3.43. The van der Waals surface area contributed by atoms with Gasteiger partial charge in [0.25, 0.3) is 5.91 Å². The Morgan fingerprint density at radius 2 is 1.70 bits per heavy atom. The van der Waals surface area contributed by atoms with Crippen LogP contribution in [0.1, 0.15) is 22.7 Å². The highest BCUT2D eigenvalue weighted by Crippen LogP contribution is 2.28. The third-order valence-electron chi connectivity index (χ3n) is 4.10. The number of rotatable bonds is 6. The molecule has 1 amide bonds. The highest BCUT2D eigenvalue weighted by molar-refractivity contribution is 9.10. The minimum absolute atomic E-state index is 0.115. The summed E-state index contributed by atoms with van der Waals surface area (Å²) >= 11 is 9.49. The molecule has 3 rings (SSSR count). The molecular formula is C22H19BrClNO2. The molecule has 3 aromatic carbocycles. The maximum absolute atomic E-state index is 12.5. The summed E-state index contributed by atoms with van der Waals surface area (Å²) in [6.45, 7) is 1.92. The van der Waals surface area contributed by atoms with Crippen LogP contribution >= 0.6 is 27.5 Å². The van der Waals surface area contributed by atoms with Crippen LogP contribution < -0.4 is 10.1 Å². The average molecular weight is 445 g/mol. The Hall–Kier alpha value is -2.30. The van der Waals surface area contributed by atoms with E-state index < -0.39 is 0 Å². The minimum Gasteiger partial charge on any atom is -0.482 e. The van der Waals surface area contributed by atoms with Crippen LogP contribution in [0.25, 0.3) is 0 Å². The van der Waals surface area contributed by atoms with E-state index in [2.05, 4.69) is 21.2 Å². The second kappa shape index (κ2) is 9.07. The molecule has 0 aliphatic rings. The van der Waals surface area contributed by atoms with Crippen LogP contribution in [0.5, 0.6) is 5.75 Å². The number of benzene rings is 3. The van der Waals surface area contributed by atoms with E-state index in [0.29, 0.717) is 10.8 Å². The summed E-state index contributed by atoms with van der Waals surface area (Å²) in [5.41, 5.74) is 3.20. The van der Waals surface area contributed by atoms with Crippen LogP contribution in [0.3, 0.4) is 0 Å². The molecule has 0 saturated carbocycles. The van der Waals surface area contributed by atoms with Crippen LogP contribution in [0.2, 0.25) is 5.02 Å². The molecule has 0 unspecified atom stereocenters. The molecule has 0 spiro atoms. The molecule has 0 aliphatic heterocycles. The molecule has 0 bridgehead atoms. The largest absolute Gasteiger partial charge is 0.482 e. The topological polar surface area (TPSA) is 38.3 Å². The van der Waals surface area contributed by atoms with Gasteiger partial charge in [-0.25, -0.2) is 0 Å². The van der Waals surface area contributed by atoms with Crippen LogP contribution in [0.4, 0.5) is 0 Å². The molecule has 27 heavy (non-hydrogen) atoms. The lowest BCUT2D eigenvalue weighted by Gasteiger charge is -2.20. The lowest BCUT2D eigenvalue weighted by atomic mass is 9.98. The van der Waals surface area contributed by atoms with Gasteiger partial charge in [0.05, 0.1) is 11.1 Å². The lowest BCUT2D eigenvalue weighted by molar-refractivity contribution is -0.123. The maximum Gasteiger partial charge on any atom is 0.258 e. The molecule has 3 nitrogen and oxygen atoms in total. The number of carbonyl (C=O) groups is 1. The van der Waals surface area contributed by atoms with Gasteiger partial charge in [-0.05, 0) is 36.2 Å². The van der Waals surface area contributed by atoms with Crippen LogP contribution in [0, 0.1) is 6.92 Å². The van der Waals surface area contributed by atoms with Gasteiger partial charge in [0, 0.05) is 4.47 Å². The minimum atomic E-state index is -0.247. The Bertz CT molecular complexity index is 913. The first-order chi connectivity index (χ1) is 13.0. The Morgan fingerprint density at radius 3 is 2.37 bits per heavy atom. The van der Waals surface area contributed by atoms with Crippen molar-refractivity contribution in [2.45, 2.75) is 13.0 Å². The number of ether oxygens (including phenoxy) is 1. The van der Waals surface area contributed by atoms with Crippen molar-refractivity contribution >= 4 is 33.4 Å². The van der Waals surface area contributed by atoms with E-state index in [9.17, 15) is 4.79 Å². The molecule has 1 atom stereocenters. The highest BCUT2D eigenvalue weighted by atomic mass is 79.9. The molecule has 3 aromatic rings. The molecule has 1 N–H and O–H groups in total. The van der Waals surface area contributed by atoms with Crippen molar-refractivity contribution in [2.75, 3.05) is 6.61 Å². The van der Waals surface area contributed by atoms with Gasteiger partial charge in [0.15, 0.2) is 6.61 Å². The molecule has 0 heterocycles. The third-order valence-corrected chi connectivity index (χ3v) is 4.89. The standard InChI is InChI=1S/C22H19BrClNO2/c1-15-7-9-17(10-8-15)22(16-5-3-2-4-6-16)25-21(26)14-27-20-12-11-18(23)13-19(20)24/h2-13,22H,14H2,1H3,(H,25,26)/t22-/m1/s1. The van der Waals surface area contributed by atoms with Crippen LogP contribution in [-0.4, -0.2) is 12.5 Å². The Morgan fingerprint density at radius 1 is 1.04 bits per heavy atom. The Kier molecular flexibility index (Phi) is 6.54. The molecule has 0 saturated heterocycles. The zero-order valence-corrected chi connectivity index (χ0v) is 17.1. The summed E-state index contributed by atoms with van der Waals surface area (Å²) in [4.78, 5) is 12.5. The van der Waals surface area contributed by atoms with Crippen LogP contribution in [0.15, 0.2) is 77.3 Å². The van der Waals surface area contributed by atoms with E-state index in [-0.39, 0.29) is 18.6 Å². The van der Waals surface area contributed by atoms with Crippen molar-refractivity contribution in [3.8, 4) is 5.75 Å². The first kappa shape index (κ1) is 19.5. The van der Waals surface area contributed by atoms with Gasteiger partial charge in [0.1, 0.15) is 5.75 Å². The highest BCUT2D eigenvalue weighted by Gasteiger charge is 2.17. The van der Waals surface area contributed by atoms with E-state index in [0.717, 1.165) is 15.6 Å². The second-order valence-corrected chi connectivity index (χ2v) is 7.51. The number of carbonyl (C=O) groups excluding carboxylic acids is 1. The van der Waals surface area contributed by atoms with Gasteiger partial charge in [-0.15, -0.1) is 0 Å². The van der Waals surface area contributed by atoms with Gasteiger partial charge >= 0.3 is 0 Å². The zero-order chi connectivity index (χ0) is 19.2. The number of hydrogen-bond donors (Lipinski definition) is 1. The number of aryl methyl sites for hydroxylation is 1. The molecule has 5 heteroatoms. The summed E-state index contributed by atoms with van der Waals surface area (Å²) in [5, 5.41) is 3.51. The number of nitrogens with one attached hydrogen (secondary N) is 1. The summed E-state index contributed by atoms with van der Waals surface area (Å²) in [6.07, 6.45) is 0. The predicted octanol–water partition coefficient (Wildman–Crippen LogP) is 5.70. The van der Waals surface area contributed by atoms with Crippen molar-refractivity contribution < 1.29 is 9.53 Å². The summed E-state index contributed by atoms with van der Waals surface area (Å²) < 4.78 is 6.43. The lowest BCUT2D eigenvalue weighted by Crippen LogP contribution is -2.33. The molecule has 0 fully saturated rings. The molecule has 138 valence electrons. The first-order valence-corrected chi connectivity index (χ1v) is 9.69. The van der Waals surface area contributed by atoms with Crippen LogP contribution in [-0.2, 0) is 4.79 Å². The van der Waals surface area contributed by atoms with E-state index in [4.69, 9.17) is 16.3 Å². The van der Waals surface area contributed by atoms with Crippen molar-refractivity contribution in [2.24, 2.45) is 0 Å². The van der Waals surface area contributed by atoms with E-state index in [1.54, 1.807) is 12.1 Å². The number of amides is 1. The van der Waals surface area contributed by atoms with Crippen molar-refractivity contribution in [3.05, 3.63) is 99.0 Å². The van der Waals surface area contributed by atoms with Gasteiger partial charge in [0.2, 0.25) is 0 Å². The average Bonchev–Trinajstić information content (AvgIpc) is 2.67. The quantitative estimate of drug-likeness (QED) is 0.530. The smallest absolute Gasteiger partial charge is 0.258 e.